The lowest BCUT2D eigenvalue weighted by Gasteiger charge is -2.39. The van der Waals surface area contributed by atoms with Crippen molar-refractivity contribution >= 4 is 28.2 Å². The predicted molar refractivity (Wildman–Crippen MR) is 131 cm³/mol. The van der Waals surface area contributed by atoms with E-state index in [1.165, 1.54) is 0 Å². The number of anilines is 1. The zero-order valence-corrected chi connectivity index (χ0v) is 19.6. The molecule has 3 aromatic carbocycles. The highest BCUT2D eigenvalue weighted by Gasteiger charge is 2.41. The van der Waals surface area contributed by atoms with Crippen LogP contribution in [0.1, 0.15) is 37.2 Å². The van der Waals surface area contributed by atoms with Crippen LogP contribution in [0.4, 0.5) is 5.69 Å². The van der Waals surface area contributed by atoms with Crippen LogP contribution in [-0.4, -0.2) is 33.0 Å². The van der Waals surface area contributed by atoms with Gasteiger partial charge in [-0.05, 0) is 30.4 Å². The number of fused-ring (bicyclic) bond motifs is 1. The number of hydrogen-bond acceptors (Lipinski definition) is 5. The monoisotopic (exact) mass is 457 g/mol. The van der Waals surface area contributed by atoms with E-state index in [-0.39, 0.29) is 18.1 Å². The van der Waals surface area contributed by atoms with Crippen molar-refractivity contribution in [2.75, 3.05) is 26.2 Å². The molecular weight excluding hydrogens is 430 g/mol. The van der Waals surface area contributed by atoms with E-state index in [0.29, 0.717) is 35.7 Å². The Kier molecular flexibility index (Phi) is 5.74. The molecule has 6 heteroatoms. The molecule has 0 bridgehead atoms. The molecule has 1 unspecified atom stereocenters. The van der Waals surface area contributed by atoms with Crippen molar-refractivity contribution in [2.24, 2.45) is 0 Å². The van der Waals surface area contributed by atoms with Gasteiger partial charge in [0.15, 0.2) is 17.3 Å². The summed E-state index contributed by atoms with van der Waals surface area (Å²) in [6, 6.07) is 17.5. The van der Waals surface area contributed by atoms with Gasteiger partial charge in [-0.25, -0.2) is 0 Å². The van der Waals surface area contributed by atoms with Crippen LogP contribution in [0.5, 0.6) is 17.2 Å². The molecule has 174 valence electrons. The topological polar surface area (TPSA) is 65.1 Å². The summed E-state index contributed by atoms with van der Waals surface area (Å²) in [7, 11) is 4.71. The average Bonchev–Trinajstić information content (AvgIpc) is 2.87. The van der Waals surface area contributed by atoms with Crippen molar-refractivity contribution in [1.82, 2.24) is 0 Å². The molecule has 1 amide bonds. The molecule has 34 heavy (non-hydrogen) atoms. The van der Waals surface area contributed by atoms with Crippen molar-refractivity contribution in [3.8, 4) is 17.2 Å². The van der Waals surface area contributed by atoms with Gasteiger partial charge in [0.25, 0.3) is 0 Å². The standard InChI is InChI=1S/C28H27NO5/c1-32-24-16-26(34-3)25(33-2)14-19(24)20-15-27(31)29(22-12-7-13-23(30)28(20)22)21-11-6-9-17-8-4-5-10-18(17)21/h4-6,8-11,14,16,20H,7,12-13,15H2,1-3H3. The highest BCUT2D eigenvalue weighted by Crippen LogP contribution is 2.48. The fourth-order valence-electron chi connectivity index (χ4n) is 5.27. The minimum atomic E-state index is -0.406. The molecule has 0 fully saturated rings. The Morgan fingerprint density at radius 1 is 0.824 bits per heavy atom. The molecule has 1 aliphatic carbocycles. The number of carbonyl (C=O) groups excluding carboxylic acids is 2. The lowest BCUT2D eigenvalue weighted by Crippen LogP contribution is -2.40. The number of allylic oxidation sites excluding steroid dienone is 2. The number of amides is 1. The zero-order valence-electron chi connectivity index (χ0n) is 19.6. The van der Waals surface area contributed by atoms with Crippen molar-refractivity contribution in [1.29, 1.82) is 0 Å². The van der Waals surface area contributed by atoms with Gasteiger partial charge in [-0.15, -0.1) is 0 Å². The third-order valence-electron chi connectivity index (χ3n) is 6.79. The van der Waals surface area contributed by atoms with E-state index >= 15 is 0 Å². The fourth-order valence-corrected chi connectivity index (χ4v) is 5.27. The van der Waals surface area contributed by atoms with Crippen LogP contribution in [0.3, 0.4) is 0 Å². The van der Waals surface area contributed by atoms with Crippen LogP contribution in [0.2, 0.25) is 0 Å². The highest BCUT2D eigenvalue weighted by molar-refractivity contribution is 6.11. The normalized spacial score (nSPS) is 18.2. The van der Waals surface area contributed by atoms with E-state index in [9.17, 15) is 9.59 Å². The maximum Gasteiger partial charge on any atom is 0.232 e. The van der Waals surface area contributed by atoms with Crippen LogP contribution >= 0.6 is 0 Å². The number of Topliss-reactive ketones (excluding diaryl/α,β-unsaturated/α-hetero) is 1. The summed E-state index contributed by atoms with van der Waals surface area (Å²) in [5.41, 5.74) is 3.08. The molecule has 0 aromatic heterocycles. The first kappa shape index (κ1) is 22.0. The molecule has 1 aliphatic heterocycles. The SMILES string of the molecule is COc1cc(OC)c(C2CC(=O)N(c3cccc4ccccc34)C3=C2C(=O)CCC3)cc1OC. The van der Waals surface area contributed by atoms with Crippen LogP contribution in [-0.2, 0) is 9.59 Å². The molecular formula is C28H27NO5. The molecule has 6 nitrogen and oxygen atoms in total. The molecule has 0 saturated carbocycles. The van der Waals surface area contributed by atoms with Gasteiger partial charge in [0.05, 0.1) is 27.0 Å². The Hall–Kier alpha value is -3.80. The third kappa shape index (κ3) is 3.50. The molecule has 2 aliphatic rings. The summed E-state index contributed by atoms with van der Waals surface area (Å²) >= 11 is 0. The second-order valence-corrected chi connectivity index (χ2v) is 8.57. The average molecular weight is 458 g/mol. The third-order valence-corrected chi connectivity index (χ3v) is 6.79. The van der Waals surface area contributed by atoms with E-state index in [0.717, 1.165) is 34.1 Å². The molecule has 5 rings (SSSR count). The van der Waals surface area contributed by atoms with E-state index in [2.05, 4.69) is 0 Å². The van der Waals surface area contributed by atoms with E-state index in [4.69, 9.17) is 14.2 Å². The van der Waals surface area contributed by atoms with Gasteiger partial charge in [0.2, 0.25) is 5.91 Å². The van der Waals surface area contributed by atoms with Crippen molar-refractivity contribution < 1.29 is 23.8 Å². The summed E-state index contributed by atoms with van der Waals surface area (Å²) in [6.45, 7) is 0. The molecule has 1 atom stereocenters. The largest absolute Gasteiger partial charge is 0.496 e. The lowest BCUT2D eigenvalue weighted by molar-refractivity contribution is -0.119. The van der Waals surface area contributed by atoms with Gasteiger partial charge in [-0.3, -0.25) is 14.5 Å². The van der Waals surface area contributed by atoms with Gasteiger partial charge in [0.1, 0.15) is 5.75 Å². The van der Waals surface area contributed by atoms with Gasteiger partial charge < -0.3 is 14.2 Å². The number of ether oxygens (including phenoxy) is 3. The second-order valence-electron chi connectivity index (χ2n) is 8.57. The summed E-state index contributed by atoms with van der Waals surface area (Å²) in [5.74, 6) is 1.28. The van der Waals surface area contributed by atoms with Gasteiger partial charge in [0, 0.05) is 47.0 Å². The quantitative estimate of drug-likeness (QED) is 0.514. The highest BCUT2D eigenvalue weighted by atomic mass is 16.5. The molecule has 0 N–H and O–H groups in total. The maximum atomic E-state index is 13.7. The molecule has 1 heterocycles. The Morgan fingerprint density at radius 2 is 1.53 bits per heavy atom. The van der Waals surface area contributed by atoms with E-state index in [1.807, 2.05) is 48.5 Å². The van der Waals surface area contributed by atoms with Crippen LogP contribution in [0.25, 0.3) is 10.8 Å². The van der Waals surface area contributed by atoms with Crippen molar-refractivity contribution in [3.63, 3.8) is 0 Å². The number of nitrogens with zero attached hydrogens (tertiary/aromatic N) is 1. The smallest absolute Gasteiger partial charge is 0.232 e. The summed E-state index contributed by atoms with van der Waals surface area (Å²) in [6.07, 6.45) is 2.03. The Balaban J connectivity index is 1.72. The number of methoxy groups -OCH3 is 3. The zero-order chi connectivity index (χ0) is 23.8. The molecule has 3 aromatic rings. The lowest BCUT2D eigenvalue weighted by atomic mass is 9.76. The molecule has 0 saturated heterocycles. The first-order chi connectivity index (χ1) is 16.6. The van der Waals surface area contributed by atoms with Crippen molar-refractivity contribution in [2.45, 2.75) is 31.6 Å². The number of ketones is 1. The predicted octanol–water partition coefficient (Wildman–Crippen LogP) is 5.39. The molecule has 0 radical (unpaired) electrons. The van der Waals surface area contributed by atoms with Crippen LogP contribution in [0, 0.1) is 0 Å². The number of rotatable bonds is 5. The summed E-state index contributed by atoms with van der Waals surface area (Å²) in [5, 5.41) is 2.05. The minimum Gasteiger partial charge on any atom is -0.496 e. The number of hydrogen-bond donors (Lipinski definition) is 0. The second kappa shape index (κ2) is 8.86. The van der Waals surface area contributed by atoms with Gasteiger partial charge in [-0.1, -0.05) is 36.4 Å². The Morgan fingerprint density at radius 3 is 2.29 bits per heavy atom. The number of benzene rings is 3. The molecule has 0 spiro atoms. The first-order valence-electron chi connectivity index (χ1n) is 11.4. The van der Waals surface area contributed by atoms with Crippen LogP contribution in [0.15, 0.2) is 65.9 Å². The first-order valence-corrected chi connectivity index (χ1v) is 11.4. The van der Waals surface area contributed by atoms with Crippen LogP contribution < -0.4 is 19.1 Å². The number of carbonyl (C=O) groups is 2. The summed E-state index contributed by atoms with van der Waals surface area (Å²) < 4.78 is 16.6. The van der Waals surface area contributed by atoms with Gasteiger partial charge in [-0.2, -0.15) is 0 Å². The summed E-state index contributed by atoms with van der Waals surface area (Å²) in [4.78, 5) is 28.9. The van der Waals surface area contributed by atoms with Gasteiger partial charge >= 0.3 is 0 Å². The van der Waals surface area contributed by atoms with Crippen molar-refractivity contribution in [3.05, 3.63) is 71.4 Å². The minimum absolute atomic E-state index is 0.0355. The Bertz CT molecular complexity index is 1320. The Labute approximate surface area is 198 Å². The van der Waals surface area contributed by atoms with E-state index in [1.54, 1.807) is 32.3 Å². The van der Waals surface area contributed by atoms with E-state index < -0.39 is 5.92 Å². The fraction of sp³-hybridized carbons (Fsp3) is 0.286. The maximum absolute atomic E-state index is 13.7.